The van der Waals surface area contributed by atoms with Crippen molar-refractivity contribution in [1.82, 2.24) is 9.78 Å². The summed E-state index contributed by atoms with van der Waals surface area (Å²) in [5.41, 5.74) is 0.334. The van der Waals surface area contributed by atoms with E-state index in [9.17, 15) is 14.3 Å². The van der Waals surface area contributed by atoms with Crippen molar-refractivity contribution in [3.63, 3.8) is 0 Å². The van der Waals surface area contributed by atoms with E-state index in [2.05, 4.69) is 5.10 Å². The SMILES string of the molecule is CCCc1nn(CC(O)c2ccc(OC)c(F)c2)c(=O)o1. The van der Waals surface area contributed by atoms with Gasteiger partial charge in [-0.05, 0) is 24.1 Å². The van der Waals surface area contributed by atoms with Crippen LogP contribution < -0.4 is 10.5 Å². The summed E-state index contributed by atoms with van der Waals surface area (Å²) < 4.78 is 24.4. The number of aliphatic hydroxyl groups excluding tert-OH is 1. The second-order valence-corrected chi connectivity index (χ2v) is 4.60. The molecule has 0 bridgehead atoms. The van der Waals surface area contributed by atoms with Crippen LogP contribution in [0.5, 0.6) is 5.75 Å². The van der Waals surface area contributed by atoms with Gasteiger partial charge in [0.25, 0.3) is 0 Å². The number of nitrogens with zero attached hydrogens (tertiary/aromatic N) is 2. The lowest BCUT2D eigenvalue weighted by atomic mass is 10.1. The van der Waals surface area contributed by atoms with Crippen molar-refractivity contribution in [2.24, 2.45) is 0 Å². The Kier molecular flexibility index (Phi) is 4.74. The van der Waals surface area contributed by atoms with Gasteiger partial charge >= 0.3 is 5.76 Å². The average Bonchev–Trinajstić information content (AvgIpc) is 2.79. The van der Waals surface area contributed by atoms with Crippen molar-refractivity contribution in [1.29, 1.82) is 0 Å². The molecule has 1 heterocycles. The highest BCUT2D eigenvalue weighted by atomic mass is 19.1. The molecular formula is C14H17FN2O4. The number of hydrogen-bond acceptors (Lipinski definition) is 5. The van der Waals surface area contributed by atoms with Crippen LogP contribution in [-0.2, 0) is 13.0 Å². The third-order valence-corrected chi connectivity index (χ3v) is 3.02. The first-order valence-corrected chi connectivity index (χ1v) is 6.63. The third-order valence-electron chi connectivity index (χ3n) is 3.02. The number of methoxy groups -OCH3 is 1. The Hall–Kier alpha value is -2.15. The normalized spacial score (nSPS) is 12.4. The van der Waals surface area contributed by atoms with Gasteiger partial charge in [0.1, 0.15) is 0 Å². The van der Waals surface area contributed by atoms with Crippen molar-refractivity contribution in [2.75, 3.05) is 7.11 Å². The average molecular weight is 296 g/mol. The molecule has 0 aliphatic heterocycles. The predicted molar refractivity (Wildman–Crippen MR) is 72.7 cm³/mol. The Morgan fingerprint density at radius 1 is 1.52 bits per heavy atom. The van der Waals surface area contributed by atoms with Crippen molar-refractivity contribution < 1.29 is 18.7 Å². The van der Waals surface area contributed by atoms with Crippen molar-refractivity contribution in [2.45, 2.75) is 32.4 Å². The predicted octanol–water partition coefficient (Wildman–Crippen LogP) is 1.67. The topological polar surface area (TPSA) is 77.5 Å². The molecule has 1 unspecified atom stereocenters. The summed E-state index contributed by atoms with van der Waals surface area (Å²) >= 11 is 0. The van der Waals surface area contributed by atoms with E-state index in [4.69, 9.17) is 9.15 Å². The van der Waals surface area contributed by atoms with Gasteiger partial charge in [0, 0.05) is 6.42 Å². The van der Waals surface area contributed by atoms with Crippen LogP contribution in [0.1, 0.15) is 30.9 Å². The second kappa shape index (κ2) is 6.53. The van der Waals surface area contributed by atoms with Gasteiger partial charge in [0.15, 0.2) is 11.6 Å². The molecule has 0 fully saturated rings. The van der Waals surface area contributed by atoms with Gasteiger partial charge < -0.3 is 14.3 Å². The fraction of sp³-hybridized carbons (Fsp3) is 0.429. The lowest BCUT2D eigenvalue weighted by Gasteiger charge is -2.11. The maximum atomic E-state index is 13.6. The molecule has 21 heavy (non-hydrogen) atoms. The number of aromatic nitrogens is 2. The van der Waals surface area contributed by atoms with E-state index in [1.807, 2.05) is 6.92 Å². The van der Waals surface area contributed by atoms with E-state index in [1.165, 1.54) is 25.3 Å². The first-order chi connectivity index (χ1) is 10.0. The Morgan fingerprint density at radius 2 is 2.29 bits per heavy atom. The monoisotopic (exact) mass is 296 g/mol. The zero-order chi connectivity index (χ0) is 15.4. The summed E-state index contributed by atoms with van der Waals surface area (Å²) in [5, 5.41) is 14.1. The molecule has 0 saturated carbocycles. The summed E-state index contributed by atoms with van der Waals surface area (Å²) in [6.45, 7) is 1.84. The van der Waals surface area contributed by atoms with E-state index < -0.39 is 17.7 Å². The largest absolute Gasteiger partial charge is 0.494 e. The number of aryl methyl sites for hydroxylation is 1. The van der Waals surface area contributed by atoms with Crippen LogP contribution in [0.2, 0.25) is 0 Å². The first-order valence-electron chi connectivity index (χ1n) is 6.63. The van der Waals surface area contributed by atoms with E-state index in [0.29, 0.717) is 17.9 Å². The lowest BCUT2D eigenvalue weighted by Crippen LogP contribution is -2.20. The molecule has 1 aromatic heterocycles. The molecule has 0 saturated heterocycles. The Morgan fingerprint density at radius 3 is 2.90 bits per heavy atom. The molecule has 2 aromatic rings. The maximum Gasteiger partial charge on any atom is 0.437 e. The first kappa shape index (κ1) is 15.2. The molecule has 2 rings (SSSR count). The number of ether oxygens (including phenoxy) is 1. The van der Waals surface area contributed by atoms with Crippen LogP contribution in [0.3, 0.4) is 0 Å². The molecule has 114 valence electrons. The zero-order valence-corrected chi connectivity index (χ0v) is 11.9. The molecule has 1 N–H and O–H groups in total. The number of hydrogen-bond donors (Lipinski definition) is 1. The van der Waals surface area contributed by atoms with Crippen LogP contribution in [0, 0.1) is 5.82 Å². The molecule has 0 spiro atoms. The summed E-state index contributed by atoms with van der Waals surface area (Å²) in [4.78, 5) is 11.6. The van der Waals surface area contributed by atoms with Gasteiger partial charge in [0.2, 0.25) is 5.89 Å². The van der Waals surface area contributed by atoms with Crippen LogP contribution in [0.25, 0.3) is 0 Å². The van der Waals surface area contributed by atoms with Gasteiger partial charge in [0.05, 0.1) is 19.8 Å². The summed E-state index contributed by atoms with van der Waals surface area (Å²) in [5.74, 6) is -0.787. The Labute approximate surface area is 120 Å². The van der Waals surface area contributed by atoms with E-state index in [-0.39, 0.29) is 12.3 Å². The Balaban J connectivity index is 2.15. The molecule has 0 aliphatic rings. The van der Waals surface area contributed by atoms with Crippen molar-refractivity contribution in [3.8, 4) is 5.75 Å². The number of rotatable bonds is 6. The molecule has 0 aliphatic carbocycles. The fourth-order valence-corrected chi connectivity index (χ4v) is 1.94. The number of halogens is 1. The molecule has 0 radical (unpaired) electrons. The standard InChI is InChI=1S/C14H17FN2O4/c1-3-4-13-16-17(14(19)21-13)8-11(18)9-5-6-12(20-2)10(15)7-9/h5-7,11,18H,3-4,8H2,1-2H3. The van der Waals surface area contributed by atoms with Gasteiger partial charge in [-0.1, -0.05) is 13.0 Å². The van der Waals surface area contributed by atoms with E-state index >= 15 is 0 Å². The maximum absolute atomic E-state index is 13.6. The molecule has 6 nitrogen and oxygen atoms in total. The molecule has 1 aromatic carbocycles. The van der Waals surface area contributed by atoms with Crippen molar-refractivity contribution >= 4 is 0 Å². The molecule has 0 amide bonds. The van der Waals surface area contributed by atoms with E-state index in [1.54, 1.807) is 0 Å². The van der Waals surface area contributed by atoms with Gasteiger partial charge in [-0.25, -0.2) is 9.18 Å². The quantitative estimate of drug-likeness (QED) is 0.877. The minimum absolute atomic E-state index is 0.0924. The minimum Gasteiger partial charge on any atom is -0.494 e. The van der Waals surface area contributed by atoms with Crippen molar-refractivity contribution in [3.05, 3.63) is 46.0 Å². The lowest BCUT2D eigenvalue weighted by molar-refractivity contribution is 0.148. The fourth-order valence-electron chi connectivity index (χ4n) is 1.94. The third kappa shape index (κ3) is 3.49. The highest BCUT2D eigenvalue weighted by molar-refractivity contribution is 5.30. The van der Waals surface area contributed by atoms with Crippen LogP contribution in [0.15, 0.2) is 27.4 Å². The smallest absolute Gasteiger partial charge is 0.437 e. The molecule has 1 atom stereocenters. The highest BCUT2D eigenvalue weighted by Gasteiger charge is 2.15. The Bertz CT molecular complexity index is 665. The van der Waals surface area contributed by atoms with Gasteiger partial charge in [-0.15, -0.1) is 5.10 Å². The molecule has 7 heteroatoms. The molecular weight excluding hydrogens is 279 g/mol. The second-order valence-electron chi connectivity index (χ2n) is 4.60. The van der Waals surface area contributed by atoms with Crippen LogP contribution in [-0.4, -0.2) is 22.0 Å². The van der Waals surface area contributed by atoms with Crippen LogP contribution in [0.4, 0.5) is 4.39 Å². The minimum atomic E-state index is -1.07. The summed E-state index contributed by atoms with van der Waals surface area (Å²) in [6.07, 6.45) is 0.282. The van der Waals surface area contributed by atoms with E-state index in [0.717, 1.165) is 11.1 Å². The van der Waals surface area contributed by atoms with Gasteiger partial charge in [-0.2, -0.15) is 4.68 Å². The van der Waals surface area contributed by atoms with Crippen LogP contribution >= 0.6 is 0 Å². The summed E-state index contributed by atoms with van der Waals surface area (Å²) in [6, 6.07) is 4.12. The van der Waals surface area contributed by atoms with Gasteiger partial charge in [-0.3, -0.25) is 0 Å². The highest BCUT2D eigenvalue weighted by Crippen LogP contribution is 2.22. The number of benzene rings is 1. The zero-order valence-electron chi connectivity index (χ0n) is 11.9. The number of aliphatic hydroxyl groups is 1. The summed E-state index contributed by atoms with van der Waals surface area (Å²) in [7, 11) is 1.36.